The van der Waals surface area contributed by atoms with Crippen molar-refractivity contribution in [3.8, 4) is 11.4 Å². The summed E-state index contributed by atoms with van der Waals surface area (Å²) in [5.74, 6) is 0.829. The molecule has 2 aromatic carbocycles. The number of halogens is 2. The number of benzene rings is 2. The molecule has 1 aromatic heterocycles. The number of hydrogen-bond donors (Lipinski definition) is 1. The fourth-order valence-corrected chi connectivity index (χ4v) is 2.82. The third-order valence-corrected chi connectivity index (χ3v) is 4.26. The molecule has 0 atom stereocenters. The van der Waals surface area contributed by atoms with E-state index in [2.05, 4.69) is 33.1 Å². The van der Waals surface area contributed by atoms with E-state index < -0.39 is 0 Å². The molecule has 0 amide bonds. The van der Waals surface area contributed by atoms with E-state index in [0.29, 0.717) is 32.8 Å². The minimum Gasteiger partial charge on any atom is -0.494 e. The summed E-state index contributed by atoms with van der Waals surface area (Å²) in [4.78, 5) is 1.55. The van der Waals surface area contributed by atoms with Crippen molar-refractivity contribution >= 4 is 44.3 Å². The molecular formula is C15H14BrClN4O. The zero-order valence-corrected chi connectivity index (χ0v) is 14.2. The van der Waals surface area contributed by atoms with Gasteiger partial charge in [0.2, 0.25) is 0 Å². The van der Waals surface area contributed by atoms with Crippen LogP contribution in [-0.2, 0) is 0 Å². The second-order valence-electron chi connectivity index (χ2n) is 4.79. The zero-order chi connectivity index (χ0) is 15.7. The number of hydrogen-bond acceptors (Lipinski definition) is 4. The first-order valence-corrected chi connectivity index (χ1v) is 8.01. The van der Waals surface area contributed by atoms with Crippen molar-refractivity contribution in [1.29, 1.82) is 0 Å². The Labute approximate surface area is 141 Å². The van der Waals surface area contributed by atoms with Crippen molar-refractivity contribution in [1.82, 2.24) is 15.0 Å². The Kier molecular flexibility index (Phi) is 4.22. The van der Waals surface area contributed by atoms with Gasteiger partial charge in [-0.3, -0.25) is 0 Å². The van der Waals surface area contributed by atoms with E-state index in [-0.39, 0.29) is 0 Å². The van der Waals surface area contributed by atoms with Crippen molar-refractivity contribution < 1.29 is 4.74 Å². The number of anilines is 1. The first-order chi connectivity index (χ1) is 10.6. The Balaban J connectivity index is 1.98. The van der Waals surface area contributed by atoms with Gasteiger partial charge in [-0.05, 0) is 52.7 Å². The number of nitrogens with two attached hydrogens (primary N) is 1. The van der Waals surface area contributed by atoms with Crippen LogP contribution in [0.2, 0.25) is 5.02 Å². The topological polar surface area (TPSA) is 66.0 Å². The second-order valence-corrected chi connectivity index (χ2v) is 5.99. The lowest BCUT2D eigenvalue weighted by Crippen LogP contribution is -1.99. The van der Waals surface area contributed by atoms with Crippen LogP contribution in [0.5, 0.6) is 5.75 Å². The number of nitrogen functional groups attached to an aromatic ring is 1. The summed E-state index contributed by atoms with van der Waals surface area (Å²) in [6.45, 7) is 2.77. The van der Waals surface area contributed by atoms with Crippen LogP contribution >= 0.6 is 27.5 Å². The lowest BCUT2D eigenvalue weighted by Gasteiger charge is -2.05. The van der Waals surface area contributed by atoms with E-state index in [0.717, 1.165) is 17.9 Å². The van der Waals surface area contributed by atoms with E-state index in [1.165, 1.54) is 0 Å². The molecule has 3 aromatic rings. The number of nitrogens with zero attached hydrogens (tertiary/aromatic N) is 3. The molecule has 0 aliphatic carbocycles. The SMILES string of the molecule is CCCOc1ccc(-n2nc3cc(Cl)c(N)c(Br)c3n2)cc1. The van der Waals surface area contributed by atoms with Crippen molar-refractivity contribution in [3.05, 3.63) is 39.8 Å². The third kappa shape index (κ3) is 2.76. The summed E-state index contributed by atoms with van der Waals surface area (Å²) in [7, 11) is 0. The molecule has 0 spiro atoms. The van der Waals surface area contributed by atoms with Crippen LogP contribution in [0, 0.1) is 0 Å². The van der Waals surface area contributed by atoms with Crippen LogP contribution in [0.4, 0.5) is 5.69 Å². The molecular weight excluding hydrogens is 368 g/mol. The molecule has 114 valence electrons. The van der Waals surface area contributed by atoms with Gasteiger partial charge in [-0.1, -0.05) is 18.5 Å². The van der Waals surface area contributed by atoms with Gasteiger partial charge in [0.25, 0.3) is 0 Å². The molecule has 2 N–H and O–H groups in total. The maximum absolute atomic E-state index is 6.07. The van der Waals surface area contributed by atoms with Crippen molar-refractivity contribution in [2.24, 2.45) is 0 Å². The van der Waals surface area contributed by atoms with Crippen molar-refractivity contribution in [2.75, 3.05) is 12.3 Å². The molecule has 22 heavy (non-hydrogen) atoms. The summed E-state index contributed by atoms with van der Waals surface area (Å²) in [6, 6.07) is 9.31. The van der Waals surface area contributed by atoms with E-state index in [1.54, 1.807) is 10.9 Å². The Morgan fingerprint density at radius 1 is 1.27 bits per heavy atom. The molecule has 7 heteroatoms. The summed E-state index contributed by atoms with van der Waals surface area (Å²) < 4.78 is 6.22. The number of aromatic nitrogens is 3. The highest BCUT2D eigenvalue weighted by Crippen LogP contribution is 2.34. The van der Waals surface area contributed by atoms with E-state index >= 15 is 0 Å². The van der Waals surface area contributed by atoms with E-state index in [9.17, 15) is 0 Å². The van der Waals surface area contributed by atoms with Crippen LogP contribution in [0.25, 0.3) is 16.7 Å². The van der Waals surface area contributed by atoms with Gasteiger partial charge in [0.15, 0.2) is 0 Å². The molecule has 5 nitrogen and oxygen atoms in total. The lowest BCUT2D eigenvalue weighted by molar-refractivity contribution is 0.317. The van der Waals surface area contributed by atoms with Crippen molar-refractivity contribution in [3.63, 3.8) is 0 Å². The van der Waals surface area contributed by atoms with Gasteiger partial charge in [0.05, 0.1) is 27.5 Å². The number of fused-ring (bicyclic) bond motifs is 1. The normalized spacial score (nSPS) is 11.0. The number of rotatable bonds is 4. The van der Waals surface area contributed by atoms with Crippen LogP contribution < -0.4 is 10.5 Å². The molecule has 0 aliphatic rings. The highest BCUT2D eigenvalue weighted by molar-refractivity contribution is 9.10. The van der Waals surface area contributed by atoms with Crippen LogP contribution in [-0.4, -0.2) is 21.6 Å². The molecule has 1 heterocycles. The smallest absolute Gasteiger partial charge is 0.130 e. The average Bonchev–Trinajstić information content (AvgIpc) is 2.95. The van der Waals surface area contributed by atoms with E-state index in [4.69, 9.17) is 22.1 Å². The van der Waals surface area contributed by atoms with Crippen LogP contribution in [0.15, 0.2) is 34.8 Å². The van der Waals surface area contributed by atoms with E-state index in [1.807, 2.05) is 24.3 Å². The van der Waals surface area contributed by atoms with Gasteiger partial charge >= 0.3 is 0 Å². The predicted octanol–water partition coefficient (Wildman–Crippen LogP) is 4.21. The Hall–Kier alpha value is -1.79. The monoisotopic (exact) mass is 380 g/mol. The highest BCUT2D eigenvalue weighted by Gasteiger charge is 2.13. The highest BCUT2D eigenvalue weighted by atomic mass is 79.9. The van der Waals surface area contributed by atoms with Crippen LogP contribution in [0.3, 0.4) is 0 Å². The Morgan fingerprint density at radius 2 is 2.00 bits per heavy atom. The van der Waals surface area contributed by atoms with Crippen LogP contribution in [0.1, 0.15) is 13.3 Å². The molecule has 0 aliphatic heterocycles. The molecule has 0 radical (unpaired) electrons. The molecule has 3 rings (SSSR count). The van der Waals surface area contributed by atoms with Gasteiger partial charge < -0.3 is 10.5 Å². The number of ether oxygens (including phenoxy) is 1. The maximum atomic E-state index is 6.07. The van der Waals surface area contributed by atoms with Gasteiger partial charge in [-0.25, -0.2) is 0 Å². The first-order valence-electron chi connectivity index (χ1n) is 6.84. The largest absolute Gasteiger partial charge is 0.494 e. The fraction of sp³-hybridized carbons (Fsp3) is 0.200. The minimum atomic E-state index is 0.453. The fourth-order valence-electron chi connectivity index (χ4n) is 2.01. The maximum Gasteiger partial charge on any atom is 0.130 e. The summed E-state index contributed by atoms with van der Waals surface area (Å²) in [5, 5.41) is 9.34. The zero-order valence-electron chi connectivity index (χ0n) is 11.9. The second kappa shape index (κ2) is 6.14. The first kappa shape index (κ1) is 15.1. The Morgan fingerprint density at radius 3 is 2.68 bits per heavy atom. The Bertz CT molecular complexity index is 817. The molecule has 0 unspecified atom stereocenters. The lowest BCUT2D eigenvalue weighted by atomic mass is 10.3. The standard InChI is InChI=1S/C15H14BrClN4O/c1-2-7-22-10-5-3-9(4-6-10)21-19-12-8-11(17)14(18)13(16)15(12)20-21/h3-6,8H,2,7,18H2,1H3. The minimum absolute atomic E-state index is 0.453. The van der Waals surface area contributed by atoms with Gasteiger partial charge in [-0.15, -0.1) is 10.2 Å². The predicted molar refractivity (Wildman–Crippen MR) is 91.8 cm³/mol. The van der Waals surface area contributed by atoms with Gasteiger partial charge in [0.1, 0.15) is 16.8 Å². The molecule has 0 saturated carbocycles. The summed E-state index contributed by atoms with van der Waals surface area (Å²) in [6.07, 6.45) is 0.976. The average molecular weight is 382 g/mol. The molecule has 0 saturated heterocycles. The molecule has 0 fully saturated rings. The summed E-state index contributed by atoms with van der Waals surface area (Å²) in [5.41, 5.74) is 8.54. The molecule has 0 bridgehead atoms. The quantitative estimate of drug-likeness (QED) is 0.688. The van der Waals surface area contributed by atoms with Gasteiger partial charge in [-0.2, -0.15) is 4.80 Å². The third-order valence-electron chi connectivity index (χ3n) is 3.15. The van der Waals surface area contributed by atoms with Crippen molar-refractivity contribution in [2.45, 2.75) is 13.3 Å². The van der Waals surface area contributed by atoms with Gasteiger partial charge in [0, 0.05) is 0 Å². The summed E-state index contributed by atoms with van der Waals surface area (Å²) >= 11 is 9.48.